The van der Waals surface area contributed by atoms with Gasteiger partial charge in [-0.2, -0.15) is 0 Å². The topological polar surface area (TPSA) is 115 Å². The van der Waals surface area contributed by atoms with E-state index in [1.807, 2.05) is 33.0 Å². The first-order chi connectivity index (χ1) is 17.2. The highest BCUT2D eigenvalue weighted by atomic mass is 16.7. The SMILES string of the molecule is C=CCC1CCN(C)C[C@H](C)C[C@@](C)(O)[C@H](O[C@@H]2O[C@H](C)C[C@H](N(C)C)[C@H]2O)[C@@H](C)[C@H](O)[C@@H](C)C(=O)N1. The lowest BCUT2D eigenvalue weighted by Gasteiger charge is -2.46. The van der Waals surface area contributed by atoms with E-state index in [1.165, 1.54) is 0 Å². The number of rotatable bonds is 5. The summed E-state index contributed by atoms with van der Waals surface area (Å²) >= 11 is 0. The van der Waals surface area contributed by atoms with Crippen molar-refractivity contribution in [2.75, 3.05) is 34.2 Å². The monoisotopic (exact) mass is 527 g/mol. The summed E-state index contributed by atoms with van der Waals surface area (Å²) in [5.74, 6) is -1.46. The van der Waals surface area contributed by atoms with E-state index in [9.17, 15) is 20.1 Å². The van der Waals surface area contributed by atoms with Gasteiger partial charge in [0.15, 0.2) is 6.29 Å². The highest BCUT2D eigenvalue weighted by molar-refractivity contribution is 5.79. The Morgan fingerprint density at radius 3 is 2.49 bits per heavy atom. The van der Waals surface area contributed by atoms with Gasteiger partial charge in [-0.05, 0) is 73.1 Å². The van der Waals surface area contributed by atoms with Gasteiger partial charge in [-0.15, -0.1) is 6.58 Å². The summed E-state index contributed by atoms with van der Waals surface area (Å²) in [6.45, 7) is 14.6. The summed E-state index contributed by atoms with van der Waals surface area (Å²) in [5.41, 5.74) is -1.34. The molecule has 0 aliphatic carbocycles. The van der Waals surface area contributed by atoms with Crippen LogP contribution in [-0.2, 0) is 14.3 Å². The van der Waals surface area contributed by atoms with E-state index in [1.54, 1.807) is 26.8 Å². The molecular weight excluding hydrogens is 474 g/mol. The zero-order valence-corrected chi connectivity index (χ0v) is 24.3. The molecular formula is C28H53N3O6. The standard InChI is InChI=1S/C28H53N3O6/c1-10-11-21-12-13-31(9)16-17(2)15-28(6,35)25(19(4)23(32)20(5)26(34)29-21)37-27-24(33)22(30(7)8)14-18(3)36-27/h10,17-25,27,32-33,35H,1,11-16H2,2-9H3,(H,29,34)/t17-,18-,19+,20-,21?,22+,23+,24-,25-,27+,28-/m1/s1. The highest BCUT2D eigenvalue weighted by Crippen LogP contribution is 2.35. The van der Waals surface area contributed by atoms with Crippen LogP contribution in [0.2, 0.25) is 0 Å². The van der Waals surface area contributed by atoms with E-state index in [0.717, 1.165) is 19.5 Å². The highest BCUT2D eigenvalue weighted by Gasteiger charge is 2.47. The minimum atomic E-state index is -1.34. The second kappa shape index (κ2) is 13.8. The second-order valence-corrected chi connectivity index (χ2v) is 12.2. The van der Waals surface area contributed by atoms with Crippen molar-refractivity contribution in [3.05, 3.63) is 12.7 Å². The van der Waals surface area contributed by atoms with Gasteiger partial charge in [0.1, 0.15) is 6.10 Å². The van der Waals surface area contributed by atoms with Crippen LogP contribution in [0.15, 0.2) is 12.7 Å². The minimum Gasteiger partial charge on any atom is -0.392 e. The number of amides is 1. The number of carbonyl (C=O) groups excluding carboxylic acids is 1. The molecule has 2 aliphatic heterocycles. The zero-order chi connectivity index (χ0) is 28.1. The average Bonchev–Trinajstić information content (AvgIpc) is 2.80. The van der Waals surface area contributed by atoms with E-state index >= 15 is 0 Å². The van der Waals surface area contributed by atoms with Crippen molar-refractivity contribution in [3.63, 3.8) is 0 Å². The van der Waals surface area contributed by atoms with Crippen molar-refractivity contribution in [2.45, 2.75) is 109 Å². The molecule has 2 fully saturated rings. The fourth-order valence-electron chi connectivity index (χ4n) is 6.09. The third kappa shape index (κ3) is 8.71. The average molecular weight is 528 g/mol. The van der Waals surface area contributed by atoms with E-state index in [4.69, 9.17) is 9.47 Å². The van der Waals surface area contributed by atoms with Crippen LogP contribution in [0.1, 0.15) is 60.3 Å². The molecule has 0 aromatic heterocycles. The van der Waals surface area contributed by atoms with Gasteiger partial charge < -0.3 is 39.9 Å². The molecule has 2 heterocycles. The first-order valence-corrected chi connectivity index (χ1v) is 13.8. The van der Waals surface area contributed by atoms with E-state index in [0.29, 0.717) is 19.3 Å². The minimum absolute atomic E-state index is 0.0685. The molecule has 0 aromatic rings. The molecule has 9 nitrogen and oxygen atoms in total. The second-order valence-electron chi connectivity index (χ2n) is 12.2. The maximum absolute atomic E-state index is 13.1. The summed E-state index contributed by atoms with van der Waals surface area (Å²) in [4.78, 5) is 17.3. The van der Waals surface area contributed by atoms with Gasteiger partial charge in [0.05, 0.1) is 29.8 Å². The van der Waals surface area contributed by atoms with Crippen LogP contribution >= 0.6 is 0 Å². The molecule has 0 aromatic carbocycles. The molecule has 9 heteroatoms. The lowest BCUT2D eigenvalue weighted by Crippen LogP contribution is -2.59. The van der Waals surface area contributed by atoms with Crippen LogP contribution in [0.5, 0.6) is 0 Å². The van der Waals surface area contributed by atoms with Crippen molar-refractivity contribution in [2.24, 2.45) is 17.8 Å². The van der Waals surface area contributed by atoms with Crippen LogP contribution in [0.25, 0.3) is 0 Å². The summed E-state index contributed by atoms with van der Waals surface area (Å²) in [7, 11) is 5.86. The number of aliphatic hydroxyl groups excluding tert-OH is 2. The molecule has 0 radical (unpaired) electrons. The van der Waals surface area contributed by atoms with E-state index in [-0.39, 0.29) is 30.0 Å². The van der Waals surface area contributed by atoms with Crippen LogP contribution in [-0.4, -0.2) is 114 Å². The predicted octanol–water partition coefficient (Wildman–Crippen LogP) is 1.60. The van der Waals surface area contributed by atoms with Crippen LogP contribution in [0, 0.1) is 17.8 Å². The Morgan fingerprint density at radius 2 is 1.89 bits per heavy atom. The number of nitrogens with one attached hydrogen (secondary N) is 1. The fourth-order valence-corrected chi connectivity index (χ4v) is 6.09. The summed E-state index contributed by atoms with van der Waals surface area (Å²) in [5, 5.41) is 37.3. The van der Waals surface area contributed by atoms with Gasteiger partial charge in [-0.3, -0.25) is 4.79 Å². The first-order valence-electron chi connectivity index (χ1n) is 13.8. The van der Waals surface area contributed by atoms with Gasteiger partial charge >= 0.3 is 0 Å². The summed E-state index contributed by atoms with van der Waals surface area (Å²) < 4.78 is 12.4. The molecule has 1 unspecified atom stereocenters. The smallest absolute Gasteiger partial charge is 0.225 e. The molecule has 2 aliphatic rings. The zero-order valence-electron chi connectivity index (χ0n) is 24.3. The van der Waals surface area contributed by atoms with Crippen molar-refractivity contribution >= 4 is 5.91 Å². The van der Waals surface area contributed by atoms with Gasteiger partial charge in [0, 0.05) is 24.5 Å². The molecule has 4 N–H and O–H groups in total. The maximum atomic E-state index is 13.1. The van der Waals surface area contributed by atoms with Crippen molar-refractivity contribution in [1.82, 2.24) is 15.1 Å². The number of nitrogens with zero attached hydrogens (tertiary/aromatic N) is 2. The number of likely N-dealkylation sites (N-methyl/N-ethyl adjacent to an activating group) is 1. The Balaban J connectivity index is 2.40. The Bertz CT molecular complexity index is 735. The molecule has 1 amide bonds. The van der Waals surface area contributed by atoms with Gasteiger partial charge in [-0.1, -0.05) is 26.8 Å². The lowest BCUT2D eigenvalue weighted by atomic mass is 9.77. The third-order valence-corrected chi connectivity index (χ3v) is 8.15. The number of hydrogen-bond donors (Lipinski definition) is 4. The Hall–Kier alpha value is -1.07. The van der Waals surface area contributed by atoms with Gasteiger partial charge in [0.25, 0.3) is 0 Å². The summed E-state index contributed by atoms with van der Waals surface area (Å²) in [6, 6.07) is -0.238. The van der Waals surface area contributed by atoms with Gasteiger partial charge in [-0.25, -0.2) is 0 Å². The Labute approximate surface area is 224 Å². The van der Waals surface area contributed by atoms with Crippen molar-refractivity contribution in [3.8, 4) is 0 Å². The number of aliphatic hydroxyl groups is 3. The van der Waals surface area contributed by atoms with Gasteiger partial charge in [0.2, 0.25) is 5.91 Å². The van der Waals surface area contributed by atoms with Crippen LogP contribution in [0.3, 0.4) is 0 Å². The Morgan fingerprint density at radius 1 is 1.24 bits per heavy atom. The number of carbonyl (C=O) groups is 1. The summed E-state index contributed by atoms with van der Waals surface area (Å²) in [6.07, 6.45) is 0.283. The van der Waals surface area contributed by atoms with Crippen LogP contribution in [0.4, 0.5) is 0 Å². The van der Waals surface area contributed by atoms with E-state index < -0.39 is 42.0 Å². The maximum Gasteiger partial charge on any atom is 0.225 e. The lowest BCUT2D eigenvalue weighted by molar-refractivity contribution is -0.299. The molecule has 11 atom stereocenters. The number of hydrogen-bond acceptors (Lipinski definition) is 8. The molecule has 0 bridgehead atoms. The Kier molecular flexibility index (Phi) is 12.0. The molecule has 0 saturated carbocycles. The predicted molar refractivity (Wildman–Crippen MR) is 145 cm³/mol. The molecule has 0 spiro atoms. The first kappa shape index (κ1) is 32.1. The molecule has 2 rings (SSSR count). The fraction of sp³-hybridized carbons (Fsp3) is 0.893. The normalized spacial score (nSPS) is 43.7. The van der Waals surface area contributed by atoms with Crippen molar-refractivity contribution in [1.29, 1.82) is 0 Å². The molecule has 2 saturated heterocycles. The third-order valence-electron chi connectivity index (χ3n) is 8.15. The van der Waals surface area contributed by atoms with Crippen molar-refractivity contribution < 1.29 is 29.6 Å². The molecule has 216 valence electrons. The number of ether oxygens (including phenoxy) is 2. The largest absolute Gasteiger partial charge is 0.392 e. The quantitative estimate of drug-likeness (QED) is 0.399. The molecule has 37 heavy (non-hydrogen) atoms. The van der Waals surface area contributed by atoms with E-state index in [2.05, 4.69) is 23.7 Å². The van der Waals surface area contributed by atoms with Crippen LogP contribution < -0.4 is 5.32 Å².